The first-order chi connectivity index (χ1) is 5.05. The molecule has 0 heterocycles. The van der Waals surface area contributed by atoms with Gasteiger partial charge in [0.15, 0.2) is 0 Å². The minimum Gasteiger partial charge on any atom is -0.466 e. The molecular formula is C9H16O2. The Labute approximate surface area is 67.9 Å². The number of hydrogen-bond acceptors (Lipinski definition) is 2. The lowest BCUT2D eigenvalue weighted by Crippen LogP contribution is -2.37. The fourth-order valence-corrected chi connectivity index (χ4v) is 1.70. The van der Waals surface area contributed by atoms with Gasteiger partial charge in [0.25, 0.3) is 0 Å². The van der Waals surface area contributed by atoms with Crippen molar-refractivity contribution in [1.82, 2.24) is 0 Å². The molecule has 1 fully saturated rings. The number of esters is 1. The van der Waals surface area contributed by atoms with E-state index in [1.807, 2.05) is 6.92 Å². The normalized spacial score (nSPS) is 22.5. The summed E-state index contributed by atoms with van der Waals surface area (Å²) in [5.41, 5.74) is 0.372. The predicted molar refractivity (Wildman–Crippen MR) is 43.1 cm³/mol. The van der Waals surface area contributed by atoms with E-state index < -0.39 is 0 Å². The van der Waals surface area contributed by atoms with Gasteiger partial charge in [-0.3, -0.25) is 4.79 Å². The van der Waals surface area contributed by atoms with Crippen LogP contribution in [-0.4, -0.2) is 12.6 Å². The minimum atomic E-state index is -0.00757. The highest BCUT2D eigenvalue weighted by atomic mass is 16.5. The molecule has 0 aromatic carbocycles. The first kappa shape index (κ1) is 8.57. The number of carbonyl (C=O) groups excluding carboxylic acids is 1. The Morgan fingerprint density at radius 2 is 2.09 bits per heavy atom. The Balaban J connectivity index is 2.27. The molecule has 1 aliphatic rings. The minimum absolute atomic E-state index is 0.00757. The monoisotopic (exact) mass is 156 g/mol. The van der Waals surface area contributed by atoms with Crippen LogP contribution >= 0.6 is 0 Å². The van der Waals surface area contributed by atoms with Crippen LogP contribution in [0.1, 0.15) is 33.6 Å². The van der Waals surface area contributed by atoms with Crippen LogP contribution in [-0.2, 0) is 9.53 Å². The molecule has 64 valence electrons. The molecule has 1 aliphatic carbocycles. The third-order valence-electron chi connectivity index (χ3n) is 2.22. The van der Waals surface area contributed by atoms with Gasteiger partial charge >= 0.3 is 5.97 Å². The van der Waals surface area contributed by atoms with Gasteiger partial charge in [0.05, 0.1) is 12.5 Å². The van der Waals surface area contributed by atoms with Gasteiger partial charge in [-0.1, -0.05) is 13.8 Å². The molecule has 0 aromatic heterocycles. The molecule has 0 bridgehead atoms. The molecule has 0 unspecified atom stereocenters. The second-order valence-electron chi connectivity index (χ2n) is 4.02. The van der Waals surface area contributed by atoms with Crippen LogP contribution < -0.4 is 0 Å². The molecule has 1 rings (SSSR count). The zero-order chi connectivity index (χ0) is 8.48. The van der Waals surface area contributed by atoms with Gasteiger partial charge in [0.2, 0.25) is 0 Å². The van der Waals surface area contributed by atoms with E-state index in [-0.39, 0.29) is 11.9 Å². The van der Waals surface area contributed by atoms with Crippen molar-refractivity contribution in [3.05, 3.63) is 0 Å². The van der Waals surface area contributed by atoms with E-state index in [0.29, 0.717) is 12.0 Å². The average Bonchev–Trinajstić information content (AvgIpc) is 1.83. The summed E-state index contributed by atoms with van der Waals surface area (Å²) >= 11 is 0. The van der Waals surface area contributed by atoms with Crippen molar-refractivity contribution in [1.29, 1.82) is 0 Å². The van der Waals surface area contributed by atoms with E-state index in [0.717, 1.165) is 12.8 Å². The summed E-state index contributed by atoms with van der Waals surface area (Å²) in [7, 11) is 0. The Bertz CT molecular complexity index is 153. The highest BCUT2D eigenvalue weighted by molar-refractivity contribution is 5.73. The SMILES string of the molecule is CCOC(=O)C1CC(C)(C)C1. The van der Waals surface area contributed by atoms with E-state index >= 15 is 0 Å². The van der Waals surface area contributed by atoms with Crippen molar-refractivity contribution in [2.75, 3.05) is 6.61 Å². The number of ether oxygens (including phenoxy) is 1. The molecule has 0 spiro atoms. The summed E-state index contributed by atoms with van der Waals surface area (Å²) in [5, 5.41) is 0. The fraction of sp³-hybridized carbons (Fsp3) is 0.889. The van der Waals surface area contributed by atoms with Gasteiger partial charge in [0, 0.05) is 0 Å². The molecule has 11 heavy (non-hydrogen) atoms. The van der Waals surface area contributed by atoms with Crippen molar-refractivity contribution in [3.8, 4) is 0 Å². The summed E-state index contributed by atoms with van der Waals surface area (Å²) in [6.45, 7) is 6.73. The summed E-state index contributed by atoms with van der Waals surface area (Å²) in [5.74, 6) is 0.178. The zero-order valence-corrected chi connectivity index (χ0v) is 7.52. The standard InChI is InChI=1S/C9H16O2/c1-4-11-8(10)7-5-9(2,3)6-7/h7H,4-6H2,1-3H3. The number of hydrogen-bond donors (Lipinski definition) is 0. The highest BCUT2D eigenvalue weighted by Gasteiger charge is 2.40. The lowest BCUT2D eigenvalue weighted by molar-refractivity contribution is -0.155. The van der Waals surface area contributed by atoms with Gasteiger partial charge in [-0.15, -0.1) is 0 Å². The Morgan fingerprint density at radius 3 is 2.45 bits per heavy atom. The first-order valence-corrected chi connectivity index (χ1v) is 4.22. The van der Waals surface area contributed by atoms with Crippen LogP contribution in [0, 0.1) is 11.3 Å². The number of rotatable bonds is 2. The molecular weight excluding hydrogens is 140 g/mol. The average molecular weight is 156 g/mol. The molecule has 0 saturated heterocycles. The molecule has 0 radical (unpaired) electrons. The maximum Gasteiger partial charge on any atom is 0.308 e. The van der Waals surface area contributed by atoms with Crippen molar-refractivity contribution in [2.45, 2.75) is 33.6 Å². The predicted octanol–water partition coefficient (Wildman–Crippen LogP) is 1.99. The van der Waals surface area contributed by atoms with Crippen LogP contribution in [0.3, 0.4) is 0 Å². The highest BCUT2D eigenvalue weighted by Crippen LogP contribution is 2.45. The summed E-state index contributed by atoms with van der Waals surface area (Å²) in [6, 6.07) is 0. The van der Waals surface area contributed by atoms with Crippen molar-refractivity contribution < 1.29 is 9.53 Å². The molecule has 0 N–H and O–H groups in total. The molecule has 0 aromatic rings. The second kappa shape index (κ2) is 2.84. The van der Waals surface area contributed by atoms with E-state index in [4.69, 9.17) is 4.74 Å². The molecule has 1 saturated carbocycles. The molecule has 0 atom stereocenters. The van der Waals surface area contributed by atoms with Crippen LogP contribution in [0.15, 0.2) is 0 Å². The van der Waals surface area contributed by atoms with Gasteiger partial charge in [-0.25, -0.2) is 0 Å². The Morgan fingerprint density at radius 1 is 1.55 bits per heavy atom. The zero-order valence-electron chi connectivity index (χ0n) is 7.52. The number of carbonyl (C=O) groups is 1. The van der Waals surface area contributed by atoms with Crippen LogP contribution in [0.5, 0.6) is 0 Å². The fourth-order valence-electron chi connectivity index (χ4n) is 1.70. The van der Waals surface area contributed by atoms with Gasteiger partial charge in [-0.05, 0) is 25.2 Å². The van der Waals surface area contributed by atoms with E-state index in [9.17, 15) is 4.79 Å². The molecule has 0 aliphatic heterocycles. The Kier molecular flexibility index (Phi) is 2.21. The topological polar surface area (TPSA) is 26.3 Å². The van der Waals surface area contributed by atoms with E-state index in [2.05, 4.69) is 13.8 Å². The van der Waals surface area contributed by atoms with Crippen molar-refractivity contribution in [2.24, 2.45) is 11.3 Å². The largest absolute Gasteiger partial charge is 0.466 e. The summed E-state index contributed by atoms with van der Waals surface area (Å²) in [4.78, 5) is 11.1. The molecule has 2 nitrogen and oxygen atoms in total. The van der Waals surface area contributed by atoms with Gasteiger partial charge in [0.1, 0.15) is 0 Å². The maximum atomic E-state index is 11.1. The van der Waals surface area contributed by atoms with Crippen molar-refractivity contribution >= 4 is 5.97 Å². The second-order valence-corrected chi connectivity index (χ2v) is 4.02. The van der Waals surface area contributed by atoms with Crippen LogP contribution in [0.2, 0.25) is 0 Å². The third-order valence-corrected chi connectivity index (χ3v) is 2.22. The first-order valence-electron chi connectivity index (χ1n) is 4.22. The third kappa shape index (κ3) is 1.95. The maximum absolute atomic E-state index is 11.1. The van der Waals surface area contributed by atoms with E-state index in [1.54, 1.807) is 0 Å². The smallest absolute Gasteiger partial charge is 0.308 e. The lowest BCUT2D eigenvalue weighted by atomic mass is 9.64. The van der Waals surface area contributed by atoms with E-state index in [1.165, 1.54) is 0 Å². The quantitative estimate of drug-likeness (QED) is 0.571. The Hall–Kier alpha value is -0.530. The van der Waals surface area contributed by atoms with Crippen LogP contribution in [0.25, 0.3) is 0 Å². The lowest BCUT2D eigenvalue weighted by Gasteiger charge is -2.40. The van der Waals surface area contributed by atoms with Gasteiger partial charge < -0.3 is 4.74 Å². The summed E-state index contributed by atoms with van der Waals surface area (Å²) < 4.78 is 4.90. The van der Waals surface area contributed by atoms with Crippen LogP contribution in [0.4, 0.5) is 0 Å². The molecule has 0 amide bonds. The summed E-state index contributed by atoms with van der Waals surface area (Å²) in [6.07, 6.45) is 1.98. The van der Waals surface area contributed by atoms with Crippen molar-refractivity contribution in [3.63, 3.8) is 0 Å². The van der Waals surface area contributed by atoms with Gasteiger partial charge in [-0.2, -0.15) is 0 Å². The molecule has 2 heteroatoms.